The average Bonchev–Trinajstić information content (AvgIpc) is 2.82. The van der Waals surface area contributed by atoms with Crippen LogP contribution in [0.15, 0.2) is 6.20 Å². The Morgan fingerprint density at radius 2 is 2.26 bits per heavy atom. The van der Waals surface area contributed by atoms with Gasteiger partial charge in [-0.15, -0.1) is 0 Å². The van der Waals surface area contributed by atoms with Crippen molar-refractivity contribution < 1.29 is 17.2 Å². The van der Waals surface area contributed by atoms with E-state index in [1.807, 2.05) is 0 Å². The van der Waals surface area contributed by atoms with E-state index < -0.39 is 21.8 Å². The molecule has 0 saturated carbocycles. The molecular weight excluding hydrogens is 276 g/mol. The molecule has 8 heteroatoms. The molecule has 108 valence electrons. The first-order valence-corrected chi connectivity index (χ1v) is 7.82. The van der Waals surface area contributed by atoms with Gasteiger partial charge in [-0.25, -0.2) is 17.2 Å². The maximum Gasteiger partial charge on any atom is 0.280 e. The van der Waals surface area contributed by atoms with Crippen molar-refractivity contribution in [2.45, 2.75) is 31.9 Å². The Labute approximate surface area is 110 Å². The summed E-state index contributed by atoms with van der Waals surface area (Å²) in [6, 6.07) is 0. The molecule has 1 aliphatic rings. The fourth-order valence-corrected chi connectivity index (χ4v) is 4.65. The lowest BCUT2D eigenvalue weighted by atomic mass is 10.0. The summed E-state index contributed by atoms with van der Waals surface area (Å²) in [6.07, 6.45) is -0.977. The van der Waals surface area contributed by atoms with E-state index in [4.69, 9.17) is 0 Å². The van der Waals surface area contributed by atoms with Crippen molar-refractivity contribution in [1.82, 2.24) is 15.1 Å². The number of alkyl halides is 2. The van der Waals surface area contributed by atoms with Crippen LogP contribution in [0.5, 0.6) is 0 Å². The predicted octanol–water partition coefficient (Wildman–Crippen LogP) is 1.07. The fourth-order valence-electron chi connectivity index (χ4n) is 2.54. The number of nitrogens with one attached hydrogen (secondary N) is 1. The molecule has 5 nitrogen and oxygen atoms in total. The Morgan fingerprint density at radius 1 is 1.58 bits per heavy atom. The first-order chi connectivity index (χ1) is 8.79. The molecule has 1 fully saturated rings. The van der Waals surface area contributed by atoms with Crippen LogP contribution in [0.3, 0.4) is 0 Å². The van der Waals surface area contributed by atoms with Crippen LogP contribution in [-0.4, -0.2) is 36.8 Å². The summed E-state index contributed by atoms with van der Waals surface area (Å²) in [6.45, 7) is 1.95. The van der Waals surface area contributed by atoms with Gasteiger partial charge in [-0.1, -0.05) is 0 Å². The van der Waals surface area contributed by atoms with E-state index in [0.717, 1.165) is 0 Å². The molecule has 0 radical (unpaired) electrons. The molecule has 0 aromatic carbocycles. The van der Waals surface area contributed by atoms with Crippen LogP contribution in [0.4, 0.5) is 8.78 Å². The third-order valence-corrected chi connectivity index (χ3v) is 5.34. The first-order valence-electron chi connectivity index (χ1n) is 5.99. The van der Waals surface area contributed by atoms with Gasteiger partial charge >= 0.3 is 0 Å². The second-order valence-corrected chi connectivity index (χ2v) is 7.32. The largest absolute Gasteiger partial charge is 0.316 e. The van der Waals surface area contributed by atoms with E-state index in [9.17, 15) is 17.2 Å². The lowest BCUT2D eigenvalue weighted by molar-refractivity contribution is 0.127. The number of sulfone groups is 1. The molecule has 1 aliphatic heterocycles. The molecule has 2 rings (SSSR count). The summed E-state index contributed by atoms with van der Waals surface area (Å²) in [5.41, 5.74) is -0.659. The molecule has 2 heterocycles. The van der Waals surface area contributed by atoms with Gasteiger partial charge in [0, 0.05) is 12.1 Å². The average molecular weight is 293 g/mol. The van der Waals surface area contributed by atoms with E-state index >= 15 is 0 Å². The van der Waals surface area contributed by atoms with Crippen molar-refractivity contribution in [3.8, 4) is 0 Å². The quantitative estimate of drug-likeness (QED) is 0.902. The zero-order chi connectivity index (χ0) is 14.3. The minimum absolute atomic E-state index is 0.0212. The molecule has 0 bridgehead atoms. The number of aromatic nitrogens is 2. The highest BCUT2D eigenvalue weighted by molar-refractivity contribution is 7.91. The van der Waals surface area contributed by atoms with Gasteiger partial charge in [-0.3, -0.25) is 4.68 Å². The molecule has 1 aromatic heterocycles. The highest BCUT2D eigenvalue weighted by Gasteiger charge is 2.43. The molecule has 0 amide bonds. The maximum atomic E-state index is 13.2. The highest BCUT2D eigenvalue weighted by atomic mass is 32.2. The molecule has 1 saturated heterocycles. The predicted molar refractivity (Wildman–Crippen MR) is 66.9 cm³/mol. The Bertz CT molecular complexity index is 570. The Kier molecular flexibility index (Phi) is 3.65. The molecule has 0 aliphatic carbocycles. The summed E-state index contributed by atoms with van der Waals surface area (Å²) >= 11 is 0. The molecule has 1 atom stereocenters. The molecule has 1 unspecified atom stereocenters. The lowest BCUT2D eigenvalue weighted by Gasteiger charge is -2.25. The van der Waals surface area contributed by atoms with Crippen LogP contribution in [0.2, 0.25) is 0 Å². The standard InChI is InChI=1S/C11H17F2N3O2S/c1-11(3-4-19(17,18)7-11)16-9(10(12)13)8(5-14-2)6-15-16/h6,10,14H,3-5,7H2,1-2H3. The lowest BCUT2D eigenvalue weighted by Crippen LogP contribution is -2.34. The first kappa shape index (κ1) is 14.4. The van der Waals surface area contributed by atoms with Crippen LogP contribution >= 0.6 is 0 Å². The second-order valence-electron chi connectivity index (χ2n) is 5.14. The Morgan fingerprint density at radius 3 is 2.74 bits per heavy atom. The number of rotatable bonds is 4. The van der Waals surface area contributed by atoms with Crippen molar-refractivity contribution in [1.29, 1.82) is 0 Å². The summed E-state index contributed by atoms with van der Waals surface area (Å²) in [4.78, 5) is 0. The third-order valence-electron chi connectivity index (χ3n) is 3.45. The van der Waals surface area contributed by atoms with E-state index in [1.165, 1.54) is 10.9 Å². The maximum absolute atomic E-state index is 13.2. The monoisotopic (exact) mass is 293 g/mol. The van der Waals surface area contributed by atoms with E-state index in [0.29, 0.717) is 12.0 Å². The van der Waals surface area contributed by atoms with Crippen LogP contribution in [0, 0.1) is 0 Å². The van der Waals surface area contributed by atoms with Crippen LogP contribution in [0.1, 0.15) is 31.0 Å². The van der Waals surface area contributed by atoms with Gasteiger partial charge in [-0.2, -0.15) is 5.10 Å². The SMILES string of the molecule is CNCc1cnn(C2(C)CCS(=O)(=O)C2)c1C(F)F. The van der Waals surface area contributed by atoms with Crippen molar-refractivity contribution in [3.05, 3.63) is 17.5 Å². The summed E-state index contributed by atoms with van der Waals surface area (Å²) in [5, 5.41) is 6.81. The molecule has 1 N–H and O–H groups in total. The van der Waals surface area contributed by atoms with Gasteiger partial charge in [-0.05, 0) is 20.4 Å². The fraction of sp³-hybridized carbons (Fsp3) is 0.727. The zero-order valence-electron chi connectivity index (χ0n) is 10.9. The topological polar surface area (TPSA) is 64.0 Å². The molecule has 19 heavy (non-hydrogen) atoms. The van der Waals surface area contributed by atoms with Crippen LogP contribution in [0.25, 0.3) is 0 Å². The Hall–Kier alpha value is -1.02. The number of hydrogen-bond donors (Lipinski definition) is 1. The summed E-state index contributed by atoms with van der Waals surface area (Å²) in [5.74, 6) is -0.117. The van der Waals surface area contributed by atoms with Gasteiger partial charge in [0.05, 0.1) is 23.2 Å². The van der Waals surface area contributed by atoms with Crippen molar-refractivity contribution >= 4 is 9.84 Å². The van der Waals surface area contributed by atoms with Crippen LogP contribution < -0.4 is 5.32 Å². The number of halogens is 2. The molecule has 0 spiro atoms. The summed E-state index contributed by atoms with van der Waals surface area (Å²) < 4.78 is 50.8. The highest BCUT2D eigenvalue weighted by Crippen LogP contribution is 2.35. The molecular formula is C11H17F2N3O2S. The normalized spacial score (nSPS) is 26.2. The second kappa shape index (κ2) is 4.82. The van der Waals surface area contributed by atoms with Crippen molar-refractivity contribution in [3.63, 3.8) is 0 Å². The zero-order valence-corrected chi connectivity index (χ0v) is 11.7. The number of hydrogen-bond acceptors (Lipinski definition) is 4. The minimum Gasteiger partial charge on any atom is -0.316 e. The van der Waals surface area contributed by atoms with Gasteiger partial charge in [0.2, 0.25) is 0 Å². The molecule has 1 aromatic rings. The van der Waals surface area contributed by atoms with Crippen molar-refractivity contribution in [2.75, 3.05) is 18.6 Å². The van der Waals surface area contributed by atoms with Gasteiger partial charge in [0.1, 0.15) is 5.69 Å². The summed E-state index contributed by atoms with van der Waals surface area (Å²) in [7, 11) is -1.51. The van der Waals surface area contributed by atoms with E-state index in [1.54, 1.807) is 14.0 Å². The van der Waals surface area contributed by atoms with E-state index in [2.05, 4.69) is 10.4 Å². The minimum atomic E-state index is -3.17. The third kappa shape index (κ3) is 2.64. The van der Waals surface area contributed by atoms with Crippen LogP contribution in [-0.2, 0) is 21.9 Å². The Balaban J connectivity index is 2.45. The van der Waals surface area contributed by atoms with Gasteiger partial charge < -0.3 is 5.32 Å². The van der Waals surface area contributed by atoms with Gasteiger partial charge in [0.15, 0.2) is 9.84 Å². The smallest absolute Gasteiger partial charge is 0.280 e. The van der Waals surface area contributed by atoms with Crippen molar-refractivity contribution in [2.24, 2.45) is 0 Å². The van der Waals surface area contributed by atoms with Gasteiger partial charge in [0.25, 0.3) is 6.43 Å². The number of nitrogens with zero attached hydrogens (tertiary/aromatic N) is 2. The van der Waals surface area contributed by atoms with E-state index in [-0.39, 0.29) is 23.7 Å².